The standard InChI is InChI=1S/C14H9FN2O2S2/c15-10-5-2-1-4-9(10)13-16-17-14(19-13)21-8-11(18)12-6-3-7-20-12/h1-7H,8H2. The van der Waals surface area contributed by atoms with Crippen molar-refractivity contribution in [2.24, 2.45) is 0 Å². The zero-order valence-electron chi connectivity index (χ0n) is 10.7. The van der Waals surface area contributed by atoms with E-state index in [1.54, 1.807) is 24.3 Å². The Hall–Kier alpha value is -1.99. The minimum atomic E-state index is -0.424. The van der Waals surface area contributed by atoms with Crippen molar-refractivity contribution >= 4 is 28.9 Å². The van der Waals surface area contributed by atoms with Crippen molar-refractivity contribution in [1.82, 2.24) is 10.2 Å². The summed E-state index contributed by atoms with van der Waals surface area (Å²) in [7, 11) is 0. The molecule has 0 aliphatic heterocycles. The number of carbonyl (C=O) groups is 1. The first-order chi connectivity index (χ1) is 10.2. The molecule has 0 N–H and O–H groups in total. The number of halogens is 1. The number of hydrogen-bond acceptors (Lipinski definition) is 6. The lowest BCUT2D eigenvalue weighted by atomic mass is 10.2. The molecule has 2 aromatic heterocycles. The summed E-state index contributed by atoms with van der Waals surface area (Å²) >= 11 is 2.53. The van der Waals surface area contributed by atoms with E-state index in [9.17, 15) is 9.18 Å². The van der Waals surface area contributed by atoms with E-state index in [0.717, 1.165) is 11.8 Å². The predicted molar refractivity (Wildman–Crippen MR) is 79.1 cm³/mol. The Bertz CT molecular complexity index is 756. The Morgan fingerprint density at radius 3 is 2.86 bits per heavy atom. The molecule has 0 unspecified atom stereocenters. The molecule has 0 amide bonds. The highest BCUT2D eigenvalue weighted by molar-refractivity contribution is 7.99. The van der Waals surface area contributed by atoms with Crippen LogP contribution in [0.2, 0.25) is 0 Å². The normalized spacial score (nSPS) is 10.7. The van der Waals surface area contributed by atoms with Gasteiger partial charge < -0.3 is 4.42 Å². The number of Topliss-reactive ketones (excluding diaryl/α,β-unsaturated/α-hetero) is 1. The van der Waals surface area contributed by atoms with E-state index in [1.165, 1.54) is 17.4 Å². The second-order valence-corrected chi connectivity index (χ2v) is 5.92. The zero-order valence-corrected chi connectivity index (χ0v) is 12.3. The zero-order chi connectivity index (χ0) is 14.7. The molecular formula is C14H9FN2O2S2. The summed E-state index contributed by atoms with van der Waals surface area (Å²) in [4.78, 5) is 12.5. The van der Waals surface area contributed by atoms with Gasteiger partial charge in [0.25, 0.3) is 11.1 Å². The van der Waals surface area contributed by atoms with Crippen LogP contribution in [0.5, 0.6) is 0 Å². The molecular weight excluding hydrogens is 311 g/mol. The van der Waals surface area contributed by atoms with Crippen LogP contribution in [0.4, 0.5) is 4.39 Å². The fraction of sp³-hybridized carbons (Fsp3) is 0.0714. The summed E-state index contributed by atoms with van der Waals surface area (Å²) in [5.41, 5.74) is 0.251. The topological polar surface area (TPSA) is 56.0 Å². The first-order valence-corrected chi connectivity index (χ1v) is 7.88. The van der Waals surface area contributed by atoms with Crippen LogP contribution in [-0.4, -0.2) is 21.7 Å². The Kier molecular flexibility index (Phi) is 4.12. The van der Waals surface area contributed by atoms with Crippen molar-refractivity contribution in [1.29, 1.82) is 0 Å². The van der Waals surface area contributed by atoms with Crippen molar-refractivity contribution in [3.8, 4) is 11.5 Å². The minimum absolute atomic E-state index is 0.000594. The van der Waals surface area contributed by atoms with Crippen LogP contribution in [0.15, 0.2) is 51.4 Å². The van der Waals surface area contributed by atoms with Gasteiger partial charge in [0.05, 0.1) is 16.2 Å². The van der Waals surface area contributed by atoms with Crippen LogP contribution in [0, 0.1) is 5.82 Å². The molecule has 0 aliphatic carbocycles. The monoisotopic (exact) mass is 320 g/mol. The van der Waals surface area contributed by atoms with Gasteiger partial charge in [0.15, 0.2) is 5.78 Å². The van der Waals surface area contributed by atoms with Gasteiger partial charge in [0, 0.05) is 0 Å². The summed E-state index contributed by atoms with van der Waals surface area (Å²) in [6.07, 6.45) is 0. The molecule has 7 heteroatoms. The Balaban J connectivity index is 1.69. The lowest BCUT2D eigenvalue weighted by Crippen LogP contribution is -1.98. The lowest BCUT2D eigenvalue weighted by molar-refractivity contribution is 0.102. The molecule has 106 valence electrons. The molecule has 4 nitrogen and oxygen atoms in total. The van der Waals surface area contributed by atoms with E-state index in [-0.39, 0.29) is 28.2 Å². The van der Waals surface area contributed by atoms with Crippen LogP contribution in [0.25, 0.3) is 11.5 Å². The van der Waals surface area contributed by atoms with Crippen molar-refractivity contribution in [3.05, 3.63) is 52.5 Å². The third kappa shape index (κ3) is 3.20. The van der Waals surface area contributed by atoms with E-state index in [4.69, 9.17) is 4.42 Å². The summed E-state index contributed by atoms with van der Waals surface area (Å²) in [6, 6.07) is 9.76. The quantitative estimate of drug-likeness (QED) is 0.527. The number of nitrogens with zero attached hydrogens (tertiary/aromatic N) is 2. The smallest absolute Gasteiger partial charge is 0.277 e. The maximum atomic E-state index is 13.6. The molecule has 0 aliphatic rings. The van der Waals surface area contributed by atoms with Crippen LogP contribution in [0.3, 0.4) is 0 Å². The second kappa shape index (κ2) is 6.19. The molecule has 0 fully saturated rings. The average Bonchev–Trinajstić information content (AvgIpc) is 3.17. The second-order valence-electron chi connectivity index (χ2n) is 4.04. The third-order valence-electron chi connectivity index (χ3n) is 2.63. The number of rotatable bonds is 5. The summed E-state index contributed by atoms with van der Waals surface area (Å²) in [6.45, 7) is 0. The highest BCUT2D eigenvalue weighted by Crippen LogP contribution is 2.25. The molecule has 3 aromatic rings. The van der Waals surface area contributed by atoms with Gasteiger partial charge in [-0.3, -0.25) is 4.79 Å². The first kappa shape index (κ1) is 14.0. The van der Waals surface area contributed by atoms with Gasteiger partial charge in [-0.2, -0.15) is 0 Å². The van der Waals surface area contributed by atoms with E-state index in [2.05, 4.69) is 10.2 Å². The number of ketones is 1. The first-order valence-electron chi connectivity index (χ1n) is 6.02. The largest absolute Gasteiger partial charge is 0.411 e. The molecule has 0 radical (unpaired) electrons. The molecule has 21 heavy (non-hydrogen) atoms. The predicted octanol–water partition coefficient (Wildman–Crippen LogP) is 3.91. The lowest BCUT2D eigenvalue weighted by Gasteiger charge is -1.96. The van der Waals surface area contributed by atoms with Crippen molar-refractivity contribution < 1.29 is 13.6 Å². The summed E-state index contributed by atoms with van der Waals surface area (Å²) in [5, 5.41) is 9.72. The molecule has 0 saturated carbocycles. The van der Waals surface area contributed by atoms with Gasteiger partial charge in [-0.1, -0.05) is 30.0 Å². The molecule has 3 rings (SSSR count). The molecule has 0 bridgehead atoms. The molecule has 2 heterocycles. The Labute approximate surface area is 128 Å². The van der Waals surface area contributed by atoms with Crippen molar-refractivity contribution in [3.63, 3.8) is 0 Å². The van der Waals surface area contributed by atoms with Gasteiger partial charge >= 0.3 is 0 Å². The van der Waals surface area contributed by atoms with Crippen LogP contribution >= 0.6 is 23.1 Å². The van der Waals surface area contributed by atoms with Gasteiger partial charge in [-0.15, -0.1) is 21.5 Å². The molecule has 0 atom stereocenters. The Morgan fingerprint density at radius 2 is 2.10 bits per heavy atom. The fourth-order valence-corrected chi connectivity index (χ4v) is 3.05. The van der Waals surface area contributed by atoms with Crippen LogP contribution in [0.1, 0.15) is 9.67 Å². The third-order valence-corrected chi connectivity index (χ3v) is 4.36. The van der Waals surface area contributed by atoms with E-state index >= 15 is 0 Å². The number of hydrogen-bond donors (Lipinski definition) is 0. The number of carbonyl (C=O) groups excluding carboxylic acids is 1. The van der Waals surface area contributed by atoms with Crippen molar-refractivity contribution in [2.45, 2.75) is 5.22 Å². The highest BCUT2D eigenvalue weighted by Gasteiger charge is 2.14. The van der Waals surface area contributed by atoms with E-state index in [1.807, 2.05) is 11.4 Å². The summed E-state index contributed by atoms with van der Waals surface area (Å²) < 4.78 is 19.0. The van der Waals surface area contributed by atoms with E-state index in [0.29, 0.717) is 4.88 Å². The maximum Gasteiger partial charge on any atom is 0.277 e. The summed E-state index contributed by atoms with van der Waals surface area (Å²) in [5.74, 6) is -0.105. The highest BCUT2D eigenvalue weighted by atomic mass is 32.2. The van der Waals surface area contributed by atoms with Gasteiger partial charge in [-0.05, 0) is 23.6 Å². The van der Waals surface area contributed by atoms with Crippen LogP contribution < -0.4 is 0 Å². The number of thiophene rings is 1. The van der Waals surface area contributed by atoms with Gasteiger partial charge in [0.1, 0.15) is 5.82 Å². The van der Waals surface area contributed by atoms with Crippen molar-refractivity contribution in [2.75, 3.05) is 5.75 Å². The molecule has 1 aromatic carbocycles. The van der Waals surface area contributed by atoms with Crippen LogP contribution in [-0.2, 0) is 0 Å². The maximum absolute atomic E-state index is 13.6. The molecule has 0 spiro atoms. The van der Waals surface area contributed by atoms with Gasteiger partial charge in [-0.25, -0.2) is 4.39 Å². The number of thioether (sulfide) groups is 1. The fourth-order valence-electron chi connectivity index (χ4n) is 1.65. The average molecular weight is 320 g/mol. The minimum Gasteiger partial charge on any atom is -0.411 e. The Morgan fingerprint density at radius 1 is 1.24 bits per heavy atom. The SMILES string of the molecule is O=C(CSc1nnc(-c2ccccc2F)o1)c1cccs1. The number of benzene rings is 1. The van der Waals surface area contributed by atoms with E-state index < -0.39 is 5.82 Å². The van der Waals surface area contributed by atoms with Gasteiger partial charge in [0.2, 0.25) is 0 Å². The number of aromatic nitrogens is 2. The molecule has 0 saturated heterocycles.